The summed E-state index contributed by atoms with van der Waals surface area (Å²) < 4.78 is 1.70. The third-order valence-electron chi connectivity index (χ3n) is 2.59. The van der Waals surface area contributed by atoms with Gasteiger partial charge in [-0.2, -0.15) is 0 Å². The van der Waals surface area contributed by atoms with E-state index in [9.17, 15) is 4.79 Å². The second-order valence-electron chi connectivity index (χ2n) is 5.93. The van der Waals surface area contributed by atoms with Gasteiger partial charge in [0.2, 0.25) is 0 Å². The topological polar surface area (TPSA) is 50.2 Å². The van der Waals surface area contributed by atoms with Crippen molar-refractivity contribution in [2.45, 2.75) is 39.3 Å². The molecule has 1 unspecified atom stereocenters. The first-order valence-electron chi connectivity index (χ1n) is 6.21. The lowest BCUT2D eigenvalue weighted by Gasteiger charge is -2.24. The van der Waals surface area contributed by atoms with E-state index < -0.39 is 0 Å². The van der Waals surface area contributed by atoms with E-state index in [1.54, 1.807) is 17.0 Å². The highest BCUT2D eigenvalue weighted by atomic mass is 16.1. The van der Waals surface area contributed by atoms with Gasteiger partial charge in [-0.05, 0) is 41.8 Å². The lowest BCUT2D eigenvalue weighted by atomic mass is 10.1. The first kappa shape index (κ1) is 14.7. The molecule has 1 atom stereocenters. The van der Waals surface area contributed by atoms with Gasteiger partial charge in [-0.1, -0.05) is 0 Å². The van der Waals surface area contributed by atoms with Crippen molar-refractivity contribution in [3.63, 3.8) is 0 Å². The number of anilines is 1. The van der Waals surface area contributed by atoms with Gasteiger partial charge in [0.15, 0.2) is 5.82 Å². The third kappa shape index (κ3) is 3.84. The molecule has 1 heterocycles. The minimum atomic E-state index is -0.235. The quantitative estimate of drug-likeness (QED) is 0.879. The van der Waals surface area contributed by atoms with Gasteiger partial charge in [-0.15, -0.1) is 0 Å². The van der Waals surface area contributed by atoms with Crippen molar-refractivity contribution < 1.29 is 0 Å². The van der Waals surface area contributed by atoms with Gasteiger partial charge in [-0.3, -0.25) is 4.79 Å². The van der Waals surface area contributed by atoms with Gasteiger partial charge in [0.25, 0.3) is 5.56 Å². The van der Waals surface area contributed by atoms with E-state index in [-0.39, 0.29) is 17.1 Å². The maximum absolute atomic E-state index is 12.3. The van der Waals surface area contributed by atoms with Crippen molar-refractivity contribution in [1.29, 1.82) is 0 Å². The van der Waals surface area contributed by atoms with E-state index in [0.717, 1.165) is 6.54 Å². The molecule has 1 rings (SSSR count). The van der Waals surface area contributed by atoms with Crippen molar-refractivity contribution >= 4 is 5.82 Å². The van der Waals surface area contributed by atoms with E-state index >= 15 is 0 Å². The van der Waals surface area contributed by atoms with Crippen LogP contribution in [0.1, 0.15) is 27.7 Å². The summed E-state index contributed by atoms with van der Waals surface area (Å²) in [6.45, 7) is 8.89. The molecule has 0 spiro atoms. The van der Waals surface area contributed by atoms with Crippen molar-refractivity contribution in [2.24, 2.45) is 0 Å². The van der Waals surface area contributed by atoms with Crippen LogP contribution in [0.25, 0.3) is 0 Å². The van der Waals surface area contributed by atoms with Crippen LogP contribution < -0.4 is 10.9 Å². The van der Waals surface area contributed by atoms with Gasteiger partial charge >= 0.3 is 0 Å². The number of nitrogens with zero attached hydrogens (tertiary/aromatic N) is 3. The second-order valence-corrected chi connectivity index (χ2v) is 5.93. The molecular weight excluding hydrogens is 228 g/mol. The molecule has 0 amide bonds. The van der Waals surface area contributed by atoms with Gasteiger partial charge in [0.05, 0.1) is 0 Å². The second kappa shape index (κ2) is 5.52. The number of hydrogen-bond donors (Lipinski definition) is 1. The summed E-state index contributed by atoms with van der Waals surface area (Å²) in [5, 5.41) is 3.17. The zero-order valence-electron chi connectivity index (χ0n) is 12.2. The van der Waals surface area contributed by atoms with Gasteiger partial charge < -0.3 is 14.8 Å². The number of nitrogens with one attached hydrogen (secondary N) is 1. The highest BCUT2D eigenvalue weighted by Gasteiger charge is 2.17. The molecule has 0 aliphatic heterocycles. The normalized spacial score (nSPS) is 13.7. The Morgan fingerprint density at radius 2 is 2.06 bits per heavy atom. The first-order valence-corrected chi connectivity index (χ1v) is 6.21. The maximum Gasteiger partial charge on any atom is 0.293 e. The molecule has 5 nitrogen and oxygen atoms in total. The Kier molecular flexibility index (Phi) is 4.51. The zero-order valence-corrected chi connectivity index (χ0v) is 12.2. The predicted octanol–water partition coefficient (Wildman–Crippen LogP) is 1.36. The average Bonchev–Trinajstić information content (AvgIpc) is 2.18. The smallest absolute Gasteiger partial charge is 0.293 e. The molecule has 0 fully saturated rings. The van der Waals surface area contributed by atoms with Crippen molar-refractivity contribution in [2.75, 3.05) is 26.0 Å². The van der Waals surface area contributed by atoms with E-state index in [1.165, 1.54) is 0 Å². The fraction of sp³-hybridized carbons (Fsp3) is 0.692. The molecule has 0 radical (unpaired) electrons. The molecule has 0 bridgehead atoms. The highest BCUT2D eigenvalue weighted by Crippen LogP contribution is 2.11. The predicted molar refractivity (Wildman–Crippen MR) is 75.1 cm³/mol. The summed E-state index contributed by atoms with van der Waals surface area (Å²) in [4.78, 5) is 18.5. The van der Waals surface area contributed by atoms with Gasteiger partial charge in [0.1, 0.15) is 0 Å². The van der Waals surface area contributed by atoms with Crippen LogP contribution in [-0.4, -0.2) is 41.1 Å². The van der Waals surface area contributed by atoms with Crippen LogP contribution in [0.15, 0.2) is 17.2 Å². The molecule has 5 heteroatoms. The van der Waals surface area contributed by atoms with Crippen LogP contribution in [0.5, 0.6) is 0 Å². The maximum atomic E-state index is 12.3. The molecule has 1 aromatic rings. The summed E-state index contributed by atoms with van der Waals surface area (Å²) in [6, 6.07) is 0.177. The molecule has 18 heavy (non-hydrogen) atoms. The summed E-state index contributed by atoms with van der Waals surface area (Å²) in [5.41, 5.74) is -0.308. The minimum absolute atomic E-state index is 0.0735. The number of likely N-dealkylation sites (N-methyl/N-ethyl adjacent to an activating group) is 1. The van der Waals surface area contributed by atoms with Crippen molar-refractivity contribution in [3.05, 3.63) is 22.7 Å². The Morgan fingerprint density at radius 1 is 1.44 bits per heavy atom. The molecule has 1 N–H and O–H groups in total. The lowest BCUT2D eigenvalue weighted by molar-refractivity contribution is 0.379. The average molecular weight is 252 g/mol. The van der Waals surface area contributed by atoms with Crippen LogP contribution >= 0.6 is 0 Å². The van der Waals surface area contributed by atoms with Crippen molar-refractivity contribution in [1.82, 2.24) is 14.5 Å². The van der Waals surface area contributed by atoms with Crippen LogP contribution in [0.3, 0.4) is 0 Å². The number of hydrogen-bond acceptors (Lipinski definition) is 4. The molecule has 0 saturated heterocycles. The Bertz CT molecular complexity index is 445. The van der Waals surface area contributed by atoms with Crippen LogP contribution in [0.2, 0.25) is 0 Å². The summed E-state index contributed by atoms with van der Waals surface area (Å²) >= 11 is 0. The Balaban J connectivity index is 2.95. The first-order chi connectivity index (χ1) is 8.21. The summed E-state index contributed by atoms with van der Waals surface area (Å²) in [6.07, 6.45) is 3.39. The largest absolute Gasteiger partial charge is 0.362 e. The lowest BCUT2D eigenvalue weighted by Crippen LogP contribution is -2.38. The Labute approximate surface area is 109 Å². The molecule has 102 valence electrons. The number of rotatable bonds is 4. The molecule has 0 aliphatic rings. The molecule has 1 aromatic heterocycles. The molecular formula is C13H24N4O. The van der Waals surface area contributed by atoms with E-state index in [4.69, 9.17) is 0 Å². The minimum Gasteiger partial charge on any atom is -0.362 e. The van der Waals surface area contributed by atoms with E-state index in [0.29, 0.717) is 5.82 Å². The Hall–Kier alpha value is -1.36. The fourth-order valence-corrected chi connectivity index (χ4v) is 1.87. The zero-order chi connectivity index (χ0) is 13.9. The Morgan fingerprint density at radius 3 is 2.56 bits per heavy atom. The van der Waals surface area contributed by atoms with Gasteiger partial charge in [-0.25, -0.2) is 4.98 Å². The van der Waals surface area contributed by atoms with E-state index in [1.807, 2.05) is 41.8 Å². The molecule has 0 aliphatic carbocycles. The fourth-order valence-electron chi connectivity index (χ4n) is 1.87. The van der Waals surface area contributed by atoms with Crippen molar-refractivity contribution in [3.8, 4) is 0 Å². The standard InChI is InChI=1S/C13H24N4O/c1-10(9-16(5)6)15-11-12(18)17(8-7-14-11)13(2,3)4/h7-8,10H,9H2,1-6H3,(H,14,15). The number of aromatic nitrogens is 2. The molecule has 0 aromatic carbocycles. The van der Waals surface area contributed by atoms with E-state index in [2.05, 4.69) is 15.2 Å². The van der Waals surface area contributed by atoms with Crippen LogP contribution in [-0.2, 0) is 5.54 Å². The third-order valence-corrected chi connectivity index (χ3v) is 2.59. The van der Waals surface area contributed by atoms with Crippen LogP contribution in [0.4, 0.5) is 5.82 Å². The monoisotopic (exact) mass is 252 g/mol. The van der Waals surface area contributed by atoms with Crippen LogP contribution in [0, 0.1) is 0 Å². The molecule has 0 saturated carbocycles. The highest BCUT2D eigenvalue weighted by molar-refractivity contribution is 5.32. The van der Waals surface area contributed by atoms with Gasteiger partial charge in [0, 0.05) is 30.5 Å². The summed E-state index contributed by atoms with van der Waals surface area (Å²) in [7, 11) is 4.01. The summed E-state index contributed by atoms with van der Waals surface area (Å²) in [5.74, 6) is 0.418. The SMILES string of the molecule is CC(CN(C)C)Nc1nccn(C(C)(C)C)c1=O.